The van der Waals surface area contributed by atoms with Crippen LogP contribution in [0, 0.1) is 24.7 Å². The third-order valence-electron chi connectivity index (χ3n) is 8.06. The van der Waals surface area contributed by atoms with E-state index in [-0.39, 0.29) is 0 Å². The van der Waals surface area contributed by atoms with Crippen LogP contribution in [-0.4, -0.2) is 45.9 Å². The van der Waals surface area contributed by atoms with Crippen molar-refractivity contribution in [3.63, 3.8) is 0 Å². The van der Waals surface area contributed by atoms with Crippen LogP contribution in [0.1, 0.15) is 69.8 Å². The predicted molar refractivity (Wildman–Crippen MR) is 114 cm³/mol. The van der Waals surface area contributed by atoms with Crippen LogP contribution in [0.25, 0.3) is 0 Å². The number of hydrogen-bond donors (Lipinski definition) is 1. The molecular weight excluding hydrogens is 362 g/mol. The molecular formula is C23H35N5O. The molecule has 0 unspecified atom stereocenters. The van der Waals surface area contributed by atoms with Gasteiger partial charge in [0.05, 0.1) is 0 Å². The van der Waals surface area contributed by atoms with Crippen molar-refractivity contribution in [1.82, 2.24) is 14.9 Å². The molecule has 3 saturated heterocycles. The molecule has 1 aromatic heterocycles. The van der Waals surface area contributed by atoms with Crippen molar-refractivity contribution >= 4 is 17.7 Å². The highest BCUT2D eigenvalue weighted by atomic mass is 16.2. The minimum absolute atomic E-state index is 0.356. The molecule has 2 bridgehead atoms. The Bertz CT molecular complexity index is 762. The summed E-state index contributed by atoms with van der Waals surface area (Å²) in [5, 5.41) is 0. The maximum Gasteiger partial charge on any atom is 0.223 e. The normalized spacial score (nSPS) is 32.9. The lowest BCUT2D eigenvalue weighted by Crippen LogP contribution is -2.65. The molecule has 1 aromatic rings. The summed E-state index contributed by atoms with van der Waals surface area (Å²) in [5.41, 5.74) is 7.02. The van der Waals surface area contributed by atoms with Crippen LogP contribution < -0.4 is 10.6 Å². The molecule has 6 nitrogen and oxygen atoms in total. The van der Waals surface area contributed by atoms with Crippen LogP contribution in [0.15, 0.2) is 6.20 Å². The summed E-state index contributed by atoms with van der Waals surface area (Å²) < 4.78 is 0. The zero-order valence-electron chi connectivity index (χ0n) is 17.7. The summed E-state index contributed by atoms with van der Waals surface area (Å²) in [6.07, 6.45) is 14.1. The second-order valence-electron chi connectivity index (χ2n) is 9.96. The fourth-order valence-corrected chi connectivity index (χ4v) is 6.78. The van der Waals surface area contributed by atoms with Gasteiger partial charge >= 0.3 is 0 Å². The van der Waals surface area contributed by atoms with E-state index in [0.717, 1.165) is 43.2 Å². The Morgan fingerprint density at radius 3 is 2.72 bits per heavy atom. The second-order valence-corrected chi connectivity index (χ2v) is 9.96. The standard InChI is InChI=1S/C23H35N5O/c1-15-12-25-23(24)26-22(15)27-13-17-11-18(14-27)20(10-16-6-3-2-4-7-16)28-19(17)8-5-9-21(28)29/h12,16-20H,2-11,13-14H2,1H3,(H2,24,25,26)/t17-,18+,19+,20+/m1/s1. The van der Waals surface area contributed by atoms with E-state index in [2.05, 4.69) is 26.7 Å². The molecule has 1 aliphatic carbocycles. The lowest BCUT2D eigenvalue weighted by atomic mass is 9.69. The number of hydrogen-bond acceptors (Lipinski definition) is 5. The monoisotopic (exact) mass is 397 g/mol. The molecule has 0 aromatic carbocycles. The van der Waals surface area contributed by atoms with Gasteiger partial charge in [-0.3, -0.25) is 4.79 Å². The molecule has 5 rings (SSSR count). The number of carbonyl (C=O) groups excluding carboxylic acids is 1. The third-order valence-corrected chi connectivity index (χ3v) is 8.06. The number of nitrogens with two attached hydrogens (primary N) is 1. The molecule has 1 amide bonds. The Labute approximate surface area is 174 Å². The average molecular weight is 398 g/mol. The van der Waals surface area contributed by atoms with Crippen molar-refractivity contribution in [3.8, 4) is 0 Å². The lowest BCUT2D eigenvalue weighted by molar-refractivity contribution is -0.149. The summed E-state index contributed by atoms with van der Waals surface area (Å²) in [4.78, 5) is 26.6. The first-order valence-electron chi connectivity index (χ1n) is 11.8. The van der Waals surface area contributed by atoms with E-state index in [1.54, 1.807) is 0 Å². The molecule has 4 atom stereocenters. The molecule has 6 heteroatoms. The minimum atomic E-state index is 0.356. The number of aryl methyl sites for hydroxylation is 1. The Balaban J connectivity index is 1.44. The Morgan fingerprint density at radius 2 is 1.90 bits per heavy atom. The van der Waals surface area contributed by atoms with Gasteiger partial charge in [0.1, 0.15) is 5.82 Å². The second kappa shape index (κ2) is 7.77. The van der Waals surface area contributed by atoms with Crippen LogP contribution >= 0.6 is 0 Å². The summed E-state index contributed by atoms with van der Waals surface area (Å²) in [5.74, 6) is 3.68. The SMILES string of the molecule is Cc1cnc(N)nc1N1C[C@H]2C[C@@H](C1)[C@H](CC1CCCCC1)N1C(=O)CCC[C@@H]21. The van der Waals surface area contributed by atoms with Gasteiger partial charge in [0.15, 0.2) is 0 Å². The van der Waals surface area contributed by atoms with Crippen LogP contribution in [-0.2, 0) is 4.79 Å². The summed E-state index contributed by atoms with van der Waals surface area (Å²) in [6.45, 7) is 4.05. The topological polar surface area (TPSA) is 75.3 Å². The number of anilines is 2. The van der Waals surface area contributed by atoms with E-state index in [4.69, 9.17) is 5.73 Å². The molecule has 4 fully saturated rings. The average Bonchev–Trinajstić information content (AvgIpc) is 2.73. The molecule has 3 aliphatic heterocycles. The Hall–Kier alpha value is -1.85. The fraction of sp³-hybridized carbons (Fsp3) is 0.783. The number of piperidine rings is 3. The smallest absolute Gasteiger partial charge is 0.223 e. The number of nitrogen functional groups attached to an aromatic ring is 1. The minimum Gasteiger partial charge on any atom is -0.368 e. The highest BCUT2D eigenvalue weighted by Gasteiger charge is 2.50. The van der Waals surface area contributed by atoms with Gasteiger partial charge in [0, 0.05) is 43.4 Å². The van der Waals surface area contributed by atoms with Gasteiger partial charge in [-0.2, -0.15) is 4.98 Å². The van der Waals surface area contributed by atoms with Crippen molar-refractivity contribution < 1.29 is 4.79 Å². The first kappa shape index (κ1) is 19.1. The summed E-state index contributed by atoms with van der Waals surface area (Å²) in [6, 6.07) is 0.831. The highest BCUT2D eigenvalue weighted by molar-refractivity contribution is 5.78. The molecule has 2 N–H and O–H groups in total. The number of nitrogens with zero attached hydrogens (tertiary/aromatic N) is 4. The van der Waals surface area contributed by atoms with Crippen molar-refractivity contribution in [2.75, 3.05) is 23.7 Å². The Kier molecular flexibility index (Phi) is 5.12. The first-order chi connectivity index (χ1) is 14.1. The third kappa shape index (κ3) is 3.59. The first-order valence-corrected chi connectivity index (χ1v) is 11.8. The Morgan fingerprint density at radius 1 is 1.10 bits per heavy atom. The lowest BCUT2D eigenvalue weighted by Gasteiger charge is -2.57. The van der Waals surface area contributed by atoms with Crippen LogP contribution in [0.4, 0.5) is 11.8 Å². The number of rotatable bonds is 3. The van der Waals surface area contributed by atoms with Crippen LogP contribution in [0.3, 0.4) is 0 Å². The number of fused-ring (bicyclic) bond motifs is 4. The van der Waals surface area contributed by atoms with Crippen molar-refractivity contribution in [2.24, 2.45) is 17.8 Å². The maximum absolute atomic E-state index is 13.0. The summed E-state index contributed by atoms with van der Waals surface area (Å²) in [7, 11) is 0. The molecule has 4 heterocycles. The predicted octanol–water partition coefficient (Wildman–Crippen LogP) is 3.54. The van der Waals surface area contributed by atoms with Gasteiger partial charge in [0.2, 0.25) is 11.9 Å². The van der Waals surface area contributed by atoms with Gasteiger partial charge in [-0.25, -0.2) is 4.98 Å². The van der Waals surface area contributed by atoms with Crippen LogP contribution in [0.2, 0.25) is 0 Å². The zero-order chi connectivity index (χ0) is 20.0. The zero-order valence-corrected chi connectivity index (χ0v) is 17.7. The van der Waals surface area contributed by atoms with E-state index in [1.807, 2.05) is 6.20 Å². The fourth-order valence-electron chi connectivity index (χ4n) is 6.78. The molecule has 0 radical (unpaired) electrons. The van der Waals surface area contributed by atoms with Gasteiger partial charge in [-0.15, -0.1) is 0 Å². The van der Waals surface area contributed by atoms with E-state index >= 15 is 0 Å². The number of carbonyl (C=O) groups is 1. The molecule has 1 saturated carbocycles. The van der Waals surface area contributed by atoms with E-state index in [9.17, 15) is 4.79 Å². The molecule has 158 valence electrons. The highest BCUT2D eigenvalue weighted by Crippen LogP contribution is 2.45. The largest absolute Gasteiger partial charge is 0.368 e. The molecule has 4 aliphatic rings. The molecule has 0 spiro atoms. The molecule has 29 heavy (non-hydrogen) atoms. The van der Waals surface area contributed by atoms with Crippen molar-refractivity contribution in [1.29, 1.82) is 0 Å². The number of aromatic nitrogens is 2. The number of amides is 1. The summed E-state index contributed by atoms with van der Waals surface area (Å²) >= 11 is 0. The van der Waals surface area contributed by atoms with E-state index in [1.165, 1.54) is 51.4 Å². The van der Waals surface area contributed by atoms with Gasteiger partial charge in [-0.1, -0.05) is 32.1 Å². The van der Waals surface area contributed by atoms with Crippen molar-refractivity contribution in [3.05, 3.63) is 11.8 Å². The van der Waals surface area contributed by atoms with Crippen LogP contribution in [0.5, 0.6) is 0 Å². The quantitative estimate of drug-likeness (QED) is 0.844. The van der Waals surface area contributed by atoms with E-state index < -0.39 is 0 Å². The van der Waals surface area contributed by atoms with Gasteiger partial charge in [-0.05, 0) is 50.4 Å². The van der Waals surface area contributed by atoms with Gasteiger partial charge < -0.3 is 15.5 Å². The maximum atomic E-state index is 13.0. The van der Waals surface area contributed by atoms with Gasteiger partial charge in [0.25, 0.3) is 0 Å². The van der Waals surface area contributed by atoms with E-state index in [0.29, 0.717) is 35.8 Å². The van der Waals surface area contributed by atoms with Crippen molar-refractivity contribution in [2.45, 2.75) is 83.2 Å².